The summed E-state index contributed by atoms with van der Waals surface area (Å²) in [5, 5.41) is 6.77. The molecule has 1 aromatic carbocycles. The van der Waals surface area contributed by atoms with Crippen LogP contribution in [0.1, 0.15) is 62.0 Å². The number of anilines is 2. The van der Waals surface area contributed by atoms with E-state index in [1.54, 1.807) is 12.1 Å². The van der Waals surface area contributed by atoms with E-state index in [0.717, 1.165) is 37.3 Å². The fourth-order valence-electron chi connectivity index (χ4n) is 5.14. The van der Waals surface area contributed by atoms with Crippen molar-refractivity contribution < 1.29 is 9.18 Å². The van der Waals surface area contributed by atoms with Crippen molar-refractivity contribution in [3.8, 4) is 0 Å². The Morgan fingerprint density at radius 3 is 2.67 bits per heavy atom. The number of fused-ring (bicyclic) bond motifs is 1. The summed E-state index contributed by atoms with van der Waals surface area (Å²) in [5.41, 5.74) is 8.57. The van der Waals surface area contributed by atoms with Crippen LogP contribution in [0.15, 0.2) is 24.5 Å². The van der Waals surface area contributed by atoms with Crippen molar-refractivity contribution in [3.63, 3.8) is 0 Å². The predicted molar refractivity (Wildman–Crippen MR) is 142 cm³/mol. The molecule has 1 saturated heterocycles. The Kier molecular flexibility index (Phi) is 8.64. The number of halogens is 2. The fourth-order valence-corrected chi connectivity index (χ4v) is 5.32. The SMILES string of the molecule is CC(C)N1CCN(C[C@@H](C(=O)NCCNc2ncnc3c2[C@H](C)C[C@H]3F)c2ccc(N)c(Cl)c2)CC1. The van der Waals surface area contributed by atoms with E-state index in [1.807, 2.05) is 13.0 Å². The van der Waals surface area contributed by atoms with Crippen LogP contribution < -0.4 is 16.4 Å². The van der Waals surface area contributed by atoms with Crippen molar-refractivity contribution in [2.24, 2.45) is 0 Å². The third kappa shape index (κ3) is 6.07. The number of hydrogen-bond acceptors (Lipinski definition) is 7. The average Bonchev–Trinajstić information content (AvgIpc) is 3.16. The van der Waals surface area contributed by atoms with Gasteiger partial charge >= 0.3 is 0 Å². The van der Waals surface area contributed by atoms with Gasteiger partial charge in [0.1, 0.15) is 18.3 Å². The van der Waals surface area contributed by atoms with Crippen LogP contribution in [-0.2, 0) is 4.79 Å². The second kappa shape index (κ2) is 11.7. The van der Waals surface area contributed by atoms with Gasteiger partial charge in [-0.05, 0) is 43.9 Å². The summed E-state index contributed by atoms with van der Waals surface area (Å²) in [5.74, 6) is 0.272. The van der Waals surface area contributed by atoms with Crippen molar-refractivity contribution in [3.05, 3.63) is 46.4 Å². The molecule has 2 heterocycles. The normalized spacial score (nSPS) is 21.4. The maximum atomic E-state index is 14.2. The monoisotopic (exact) mass is 517 g/mol. The third-order valence-electron chi connectivity index (χ3n) is 7.30. The van der Waals surface area contributed by atoms with Crippen LogP contribution >= 0.6 is 11.6 Å². The molecular formula is C26H37ClFN7O. The minimum Gasteiger partial charge on any atom is -0.398 e. The molecular weight excluding hydrogens is 481 g/mol. The molecule has 1 fully saturated rings. The summed E-state index contributed by atoms with van der Waals surface area (Å²) >= 11 is 6.30. The number of nitrogens with one attached hydrogen (secondary N) is 2. The van der Waals surface area contributed by atoms with Gasteiger partial charge in [0, 0.05) is 57.4 Å². The smallest absolute Gasteiger partial charge is 0.228 e. The maximum absolute atomic E-state index is 14.2. The number of benzene rings is 1. The molecule has 1 aliphatic heterocycles. The van der Waals surface area contributed by atoms with E-state index in [0.29, 0.717) is 54.3 Å². The lowest BCUT2D eigenvalue weighted by molar-refractivity contribution is -0.123. The number of alkyl halides is 1. The molecule has 4 N–H and O–H groups in total. The molecule has 1 aliphatic carbocycles. The molecule has 0 spiro atoms. The van der Waals surface area contributed by atoms with E-state index >= 15 is 0 Å². The molecule has 0 radical (unpaired) electrons. The fraction of sp³-hybridized carbons (Fsp3) is 0.577. The number of nitrogens with zero attached hydrogens (tertiary/aromatic N) is 4. The summed E-state index contributed by atoms with van der Waals surface area (Å²) in [6, 6.07) is 5.95. The van der Waals surface area contributed by atoms with Gasteiger partial charge in [-0.1, -0.05) is 24.6 Å². The zero-order valence-electron chi connectivity index (χ0n) is 21.3. The molecule has 2 aromatic rings. The third-order valence-corrected chi connectivity index (χ3v) is 7.63. The number of carbonyl (C=O) groups excluding carboxylic acids is 1. The molecule has 1 aromatic heterocycles. The Labute approximate surface area is 217 Å². The molecule has 3 atom stereocenters. The molecule has 0 bridgehead atoms. The van der Waals surface area contributed by atoms with Gasteiger partial charge in [0.15, 0.2) is 0 Å². The van der Waals surface area contributed by atoms with Crippen LogP contribution in [0.3, 0.4) is 0 Å². The van der Waals surface area contributed by atoms with Crippen molar-refractivity contribution in [2.75, 3.05) is 56.9 Å². The summed E-state index contributed by atoms with van der Waals surface area (Å²) in [7, 11) is 0. The second-order valence-electron chi connectivity index (χ2n) is 10.1. The van der Waals surface area contributed by atoms with E-state index in [2.05, 4.69) is 44.2 Å². The first-order chi connectivity index (χ1) is 17.2. The first kappa shape index (κ1) is 26.6. The molecule has 1 amide bonds. The van der Waals surface area contributed by atoms with E-state index < -0.39 is 6.17 Å². The van der Waals surface area contributed by atoms with Crippen molar-refractivity contribution in [1.82, 2.24) is 25.1 Å². The van der Waals surface area contributed by atoms with Crippen LogP contribution in [0.2, 0.25) is 5.02 Å². The van der Waals surface area contributed by atoms with Gasteiger partial charge in [-0.3, -0.25) is 14.6 Å². The maximum Gasteiger partial charge on any atom is 0.228 e. The van der Waals surface area contributed by atoms with Gasteiger partial charge in [0.05, 0.1) is 22.3 Å². The molecule has 2 aliphatic rings. The minimum absolute atomic E-state index is 0.0594. The van der Waals surface area contributed by atoms with Crippen LogP contribution in [0.25, 0.3) is 0 Å². The number of aromatic nitrogens is 2. The molecule has 4 rings (SSSR count). The zero-order valence-corrected chi connectivity index (χ0v) is 22.1. The number of carbonyl (C=O) groups is 1. The van der Waals surface area contributed by atoms with Gasteiger partial charge in [-0.15, -0.1) is 0 Å². The summed E-state index contributed by atoms with van der Waals surface area (Å²) < 4.78 is 14.2. The van der Waals surface area contributed by atoms with Crippen molar-refractivity contribution in [2.45, 2.75) is 51.2 Å². The van der Waals surface area contributed by atoms with Crippen molar-refractivity contribution in [1.29, 1.82) is 0 Å². The standard InChI is InChI=1S/C26H37ClFN7O/c1-16(2)35-10-8-34(9-11-35)14-19(18-4-5-22(29)20(27)13-18)26(36)31-7-6-30-25-23-17(3)12-21(28)24(23)32-15-33-25/h4-5,13,15-17,19,21H,6-12,14,29H2,1-3H3,(H,31,36)(H,30,32,33)/t17-,19-,21-/m1/s1. The molecule has 8 nitrogen and oxygen atoms in total. The quantitative estimate of drug-likeness (QED) is 0.345. The highest BCUT2D eigenvalue weighted by molar-refractivity contribution is 6.33. The number of nitrogens with two attached hydrogens (primary N) is 1. The highest BCUT2D eigenvalue weighted by Crippen LogP contribution is 2.43. The zero-order chi connectivity index (χ0) is 25.8. The minimum atomic E-state index is -1.05. The number of rotatable bonds is 9. The lowest BCUT2D eigenvalue weighted by Crippen LogP contribution is -2.50. The lowest BCUT2D eigenvalue weighted by atomic mass is 9.96. The van der Waals surface area contributed by atoms with Crippen molar-refractivity contribution >= 4 is 29.0 Å². The van der Waals surface area contributed by atoms with E-state index in [1.165, 1.54) is 6.33 Å². The first-order valence-electron chi connectivity index (χ1n) is 12.8. The Hall–Kier alpha value is -2.49. The van der Waals surface area contributed by atoms with E-state index in [9.17, 15) is 9.18 Å². The number of nitrogen functional groups attached to an aromatic ring is 1. The second-order valence-corrected chi connectivity index (χ2v) is 10.5. The topological polar surface area (TPSA) is 99.4 Å². The summed E-state index contributed by atoms with van der Waals surface area (Å²) in [6.45, 7) is 11.7. The number of amides is 1. The lowest BCUT2D eigenvalue weighted by Gasteiger charge is -2.38. The molecule has 10 heteroatoms. The average molecular weight is 518 g/mol. The van der Waals surface area contributed by atoms with E-state index in [-0.39, 0.29) is 17.7 Å². The molecule has 36 heavy (non-hydrogen) atoms. The number of piperazine rings is 1. The van der Waals surface area contributed by atoms with Gasteiger partial charge < -0.3 is 16.4 Å². The highest BCUT2D eigenvalue weighted by Gasteiger charge is 2.32. The van der Waals surface area contributed by atoms with Gasteiger partial charge in [0.25, 0.3) is 0 Å². The molecule has 196 valence electrons. The number of hydrogen-bond donors (Lipinski definition) is 3. The predicted octanol–water partition coefficient (Wildman–Crippen LogP) is 3.57. The largest absolute Gasteiger partial charge is 0.398 e. The molecule has 0 saturated carbocycles. The van der Waals surface area contributed by atoms with Crippen LogP contribution in [0.5, 0.6) is 0 Å². The Bertz CT molecular complexity index is 1060. The van der Waals surface area contributed by atoms with Crippen LogP contribution in [0.4, 0.5) is 15.9 Å². The van der Waals surface area contributed by atoms with E-state index in [4.69, 9.17) is 17.3 Å². The molecule has 0 unspecified atom stereocenters. The van der Waals surface area contributed by atoms with Gasteiger partial charge in [-0.2, -0.15) is 0 Å². The summed E-state index contributed by atoms with van der Waals surface area (Å²) in [6.07, 6.45) is 0.772. The first-order valence-corrected chi connectivity index (χ1v) is 13.1. The highest BCUT2D eigenvalue weighted by atomic mass is 35.5. The Morgan fingerprint density at radius 1 is 1.22 bits per heavy atom. The van der Waals surface area contributed by atoms with Crippen LogP contribution in [-0.4, -0.2) is 77.5 Å². The Morgan fingerprint density at radius 2 is 1.97 bits per heavy atom. The van der Waals surface area contributed by atoms with Gasteiger partial charge in [-0.25, -0.2) is 14.4 Å². The Balaban J connectivity index is 1.38. The van der Waals surface area contributed by atoms with Gasteiger partial charge in [0.2, 0.25) is 5.91 Å². The van der Waals surface area contributed by atoms with Crippen LogP contribution in [0, 0.1) is 0 Å². The summed E-state index contributed by atoms with van der Waals surface area (Å²) in [4.78, 5) is 26.6.